The van der Waals surface area contributed by atoms with E-state index in [0.717, 1.165) is 6.08 Å². The van der Waals surface area contributed by atoms with Crippen LogP contribution in [-0.4, -0.2) is 33.0 Å². The maximum absolute atomic E-state index is 12.9. The number of aromatic nitrogens is 1. The Labute approximate surface area is 142 Å². The lowest BCUT2D eigenvalue weighted by Gasteiger charge is -1.97. The fourth-order valence-corrected chi connectivity index (χ4v) is 2.11. The molecule has 0 aliphatic rings. The van der Waals surface area contributed by atoms with E-state index in [2.05, 4.69) is 0 Å². The predicted octanol–water partition coefficient (Wildman–Crippen LogP) is 2.02. The fraction of sp³-hybridized carbons (Fsp3) is 0.111. The third-order valence-corrected chi connectivity index (χ3v) is 3.43. The van der Waals surface area contributed by atoms with Crippen molar-refractivity contribution in [3.05, 3.63) is 65.2 Å². The van der Waals surface area contributed by atoms with Gasteiger partial charge in [-0.05, 0) is 42.5 Å². The van der Waals surface area contributed by atoms with Gasteiger partial charge in [-0.15, -0.1) is 0 Å². The second-order valence-electron chi connectivity index (χ2n) is 5.31. The molecular weight excluding hydrogens is 329 g/mol. The molecule has 0 spiro atoms. The highest BCUT2D eigenvalue weighted by molar-refractivity contribution is 6.37. The number of Topliss-reactive ketones (excluding diaryl/α,β-unsaturated/α-hetero) is 1. The molecule has 0 aliphatic carbocycles. The second-order valence-corrected chi connectivity index (χ2v) is 5.31. The number of rotatable bonds is 7. The van der Waals surface area contributed by atoms with E-state index in [0.29, 0.717) is 16.8 Å². The van der Waals surface area contributed by atoms with Crippen LogP contribution < -0.4 is 0 Å². The summed E-state index contributed by atoms with van der Waals surface area (Å²) < 4.78 is 14.5. The van der Waals surface area contributed by atoms with Crippen molar-refractivity contribution in [3.8, 4) is 0 Å². The molecule has 2 aromatic rings. The third-order valence-electron chi connectivity index (χ3n) is 3.43. The van der Waals surface area contributed by atoms with Crippen LogP contribution in [0.4, 0.5) is 4.39 Å². The average molecular weight is 343 g/mol. The molecule has 1 N–H and O–H groups in total. The van der Waals surface area contributed by atoms with E-state index in [9.17, 15) is 23.6 Å². The van der Waals surface area contributed by atoms with Crippen LogP contribution in [0.2, 0.25) is 0 Å². The van der Waals surface area contributed by atoms with E-state index in [4.69, 9.17) is 5.11 Å². The lowest BCUT2D eigenvalue weighted by atomic mass is 10.1. The quantitative estimate of drug-likeness (QED) is 0.359. The van der Waals surface area contributed by atoms with E-state index in [1.165, 1.54) is 36.4 Å². The third kappa shape index (κ3) is 4.57. The molecule has 7 heteroatoms. The van der Waals surface area contributed by atoms with Gasteiger partial charge < -0.3 is 9.67 Å². The molecule has 0 atom stereocenters. The minimum atomic E-state index is -1.66. The first-order valence-electron chi connectivity index (χ1n) is 7.21. The summed E-state index contributed by atoms with van der Waals surface area (Å²) in [4.78, 5) is 45.3. The highest BCUT2D eigenvalue weighted by atomic mass is 19.1. The predicted molar refractivity (Wildman–Crippen MR) is 86.5 cm³/mol. The number of allylic oxidation sites excluding steroid dienone is 1. The number of carboxylic acids is 1. The van der Waals surface area contributed by atoms with E-state index < -0.39 is 29.8 Å². The van der Waals surface area contributed by atoms with Gasteiger partial charge >= 0.3 is 5.97 Å². The number of benzene rings is 1. The molecule has 6 nitrogen and oxygen atoms in total. The number of carboxylic acid groups (broad SMARTS) is 1. The number of carbonyl (C=O) groups is 4. The molecule has 1 aromatic carbocycles. The highest BCUT2D eigenvalue weighted by Gasteiger charge is 2.15. The van der Waals surface area contributed by atoms with E-state index in [1.807, 2.05) is 0 Å². The van der Waals surface area contributed by atoms with Gasteiger partial charge in [0, 0.05) is 30.1 Å². The average Bonchev–Trinajstić information content (AvgIpc) is 2.93. The summed E-state index contributed by atoms with van der Waals surface area (Å²) in [5, 5.41) is 8.46. The minimum absolute atomic E-state index is 0.303. The van der Waals surface area contributed by atoms with Gasteiger partial charge in [0.1, 0.15) is 5.82 Å². The molecule has 0 radical (unpaired) electrons. The maximum Gasteiger partial charge on any atom is 0.372 e. The molecule has 0 aliphatic heterocycles. The molecule has 0 amide bonds. The Morgan fingerprint density at radius 3 is 2.36 bits per heavy atom. The molecule has 0 unspecified atom stereocenters. The summed E-state index contributed by atoms with van der Waals surface area (Å²) in [6, 6.07) is 6.67. The first-order valence-corrected chi connectivity index (χ1v) is 7.21. The van der Waals surface area contributed by atoms with Gasteiger partial charge in [0.15, 0.2) is 11.6 Å². The molecule has 1 heterocycles. The summed E-state index contributed by atoms with van der Waals surface area (Å²) in [6.45, 7) is 0. The molecule has 1 aromatic heterocycles. The van der Waals surface area contributed by atoms with Gasteiger partial charge in [-0.2, -0.15) is 0 Å². The van der Waals surface area contributed by atoms with Crippen LogP contribution in [0.15, 0.2) is 42.6 Å². The van der Waals surface area contributed by atoms with Crippen molar-refractivity contribution in [3.63, 3.8) is 0 Å². The second kappa shape index (κ2) is 7.48. The standard InChI is InChI=1S/C18H14FNO5/c1-20-10-12(17(23)11-2-4-13(19)5-3-11)8-14(20)6-7-15(21)9-16(22)18(24)25/h2-8,10H,9H2,1H3,(H,24,25)/b7-6+. The Morgan fingerprint density at radius 1 is 1.12 bits per heavy atom. The smallest absolute Gasteiger partial charge is 0.372 e. The first kappa shape index (κ1) is 18.0. The Balaban J connectivity index is 2.14. The maximum atomic E-state index is 12.9. The van der Waals surface area contributed by atoms with Crippen LogP contribution in [0.25, 0.3) is 6.08 Å². The van der Waals surface area contributed by atoms with Crippen molar-refractivity contribution >= 4 is 29.4 Å². The Morgan fingerprint density at radius 2 is 1.76 bits per heavy atom. The molecule has 0 saturated heterocycles. The number of carbonyl (C=O) groups excluding carboxylic acids is 3. The summed E-state index contributed by atoms with van der Waals surface area (Å²) in [5.41, 5.74) is 1.19. The number of ketones is 3. The SMILES string of the molecule is Cn1cc(C(=O)c2ccc(F)cc2)cc1/C=C/C(=O)CC(=O)C(=O)O. The van der Waals surface area contributed by atoms with Gasteiger partial charge in [0.25, 0.3) is 0 Å². The van der Waals surface area contributed by atoms with Crippen molar-refractivity contribution in [1.82, 2.24) is 4.57 Å². The molecule has 0 bridgehead atoms. The summed E-state index contributed by atoms with van der Waals surface area (Å²) in [7, 11) is 1.66. The van der Waals surface area contributed by atoms with Crippen molar-refractivity contribution in [2.75, 3.05) is 0 Å². The Kier molecular flexibility index (Phi) is 5.38. The van der Waals surface area contributed by atoms with Crippen LogP contribution >= 0.6 is 0 Å². The zero-order valence-electron chi connectivity index (χ0n) is 13.2. The molecule has 0 saturated carbocycles. The van der Waals surface area contributed by atoms with Crippen molar-refractivity contribution in [1.29, 1.82) is 0 Å². The fourth-order valence-electron chi connectivity index (χ4n) is 2.11. The van der Waals surface area contributed by atoms with Crippen LogP contribution in [0.5, 0.6) is 0 Å². The van der Waals surface area contributed by atoms with Crippen molar-refractivity contribution in [2.45, 2.75) is 6.42 Å². The molecule has 2 rings (SSSR count). The van der Waals surface area contributed by atoms with Crippen molar-refractivity contribution < 1.29 is 28.7 Å². The van der Waals surface area contributed by atoms with Crippen LogP contribution in [0.1, 0.15) is 28.0 Å². The molecule has 128 valence electrons. The largest absolute Gasteiger partial charge is 0.475 e. The van der Waals surface area contributed by atoms with Crippen LogP contribution in [0, 0.1) is 5.82 Å². The lowest BCUT2D eigenvalue weighted by molar-refractivity contribution is -0.149. The van der Waals surface area contributed by atoms with Gasteiger partial charge in [-0.25, -0.2) is 9.18 Å². The lowest BCUT2D eigenvalue weighted by Crippen LogP contribution is -2.15. The van der Waals surface area contributed by atoms with E-state index in [-0.39, 0.29) is 5.78 Å². The summed E-state index contributed by atoms with van der Waals surface area (Å²) >= 11 is 0. The molecule has 25 heavy (non-hydrogen) atoms. The van der Waals surface area contributed by atoms with Crippen molar-refractivity contribution in [2.24, 2.45) is 7.05 Å². The van der Waals surface area contributed by atoms with Crippen LogP contribution in [-0.2, 0) is 21.4 Å². The van der Waals surface area contributed by atoms with Gasteiger partial charge in [0.2, 0.25) is 5.78 Å². The zero-order chi connectivity index (χ0) is 18.6. The highest BCUT2D eigenvalue weighted by Crippen LogP contribution is 2.15. The summed E-state index contributed by atoms with van der Waals surface area (Å²) in [6.07, 6.45) is 3.30. The normalized spacial score (nSPS) is 10.8. The summed E-state index contributed by atoms with van der Waals surface area (Å²) in [5.74, 6) is -4.24. The number of nitrogens with zero attached hydrogens (tertiary/aromatic N) is 1. The van der Waals surface area contributed by atoms with Crippen LogP contribution in [0.3, 0.4) is 0 Å². The monoisotopic (exact) mass is 343 g/mol. The van der Waals surface area contributed by atoms with E-state index >= 15 is 0 Å². The number of aryl methyl sites for hydroxylation is 1. The van der Waals surface area contributed by atoms with E-state index in [1.54, 1.807) is 17.8 Å². The Bertz CT molecular complexity index is 877. The number of halogens is 1. The topological polar surface area (TPSA) is 93.4 Å². The minimum Gasteiger partial charge on any atom is -0.475 e. The molecular formula is C18H14FNO5. The Hall–Kier alpha value is -3.35. The van der Waals surface area contributed by atoms with Gasteiger partial charge in [-0.3, -0.25) is 14.4 Å². The number of hydrogen-bond donors (Lipinski definition) is 1. The molecule has 0 fully saturated rings. The number of aliphatic carboxylic acids is 1. The number of hydrogen-bond acceptors (Lipinski definition) is 4. The van der Waals surface area contributed by atoms with Gasteiger partial charge in [0.05, 0.1) is 6.42 Å². The first-order chi connectivity index (χ1) is 11.8. The zero-order valence-corrected chi connectivity index (χ0v) is 13.2. The van der Waals surface area contributed by atoms with Gasteiger partial charge in [-0.1, -0.05) is 0 Å².